The van der Waals surface area contributed by atoms with Crippen molar-refractivity contribution in [3.63, 3.8) is 0 Å². The monoisotopic (exact) mass is 140 g/mol. The molecule has 1 rings (SSSR count). The Morgan fingerprint density at radius 1 is 1.11 bits per heavy atom. The molecular weight excluding hydrogens is 128 g/mol. The van der Waals surface area contributed by atoms with Gasteiger partial charge in [-0.05, 0) is 30.4 Å². The average Bonchev–Trinajstić information content (AvgIpc) is 2.00. The van der Waals surface area contributed by atoms with Gasteiger partial charge in [0, 0.05) is 0 Å². The molecule has 0 amide bonds. The maximum absolute atomic E-state index is 2.24. The van der Waals surface area contributed by atoms with Gasteiger partial charge < -0.3 is 0 Å². The summed E-state index contributed by atoms with van der Waals surface area (Å²) in [6.07, 6.45) is 10.5. The van der Waals surface area contributed by atoms with Gasteiger partial charge in [-0.2, -0.15) is 0 Å². The summed E-state index contributed by atoms with van der Waals surface area (Å²) < 4.78 is 0. The molecule has 0 aromatic rings. The summed E-state index contributed by atoms with van der Waals surface area (Å²) in [5, 5.41) is 2.17. The Morgan fingerprint density at radius 2 is 2.11 bits per heavy atom. The SMILES string of the molecule is C1=CCCCCSC=C1. The van der Waals surface area contributed by atoms with Crippen molar-refractivity contribution in [2.24, 2.45) is 0 Å². The number of allylic oxidation sites excluding steroid dienone is 3. The Hall–Kier alpha value is -0.170. The molecule has 0 aromatic heterocycles. The van der Waals surface area contributed by atoms with Crippen molar-refractivity contribution in [2.75, 3.05) is 5.75 Å². The maximum Gasteiger partial charge on any atom is -0.00259 e. The molecule has 50 valence electrons. The zero-order valence-electron chi connectivity index (χ0n) is 5.55. The molecular formula is C8H12S. The highest BCUT2D eigenvalue weighted by molar-refractivity contribution is 8.02. The molecule has 1 heterocycles. The standard InChI is InChI=1S/C8H12S/c1-2-4-6-8-9-7-5-3-1/h1,3,5,7H,2,4,6,8H2. The first-order chi connectivity index (χ1) is 4.50. The summed E-state index contributed by atoms with van der Waals surface area (Å²) in [6.45, 7) is 0. The Kier molecular flexibility index (Phi) is 3.61. The van der Waals surface area contributed by atoms with Crippen molar-refractivity contribution in [1.82, 2.24) is 0 Å². The second kappa shape index (κ2) is 4.68. The highest BCUT2D eigenvalue weighted by Gasteiger charge is 1.86. The zero-order valence-corrected chi connectivity index (χ0v) is 6.36. The minimum Gasteiger partial charge on any atom is -0.134 e. The van der Waals surface area contributed by atoms with Crippen LogP contribution in [0.15, 0.2) is 23.6 Å². The number of thioether (sulfide) groups is 1. The summed E-state index contributed by atoms with van der Waals surface area (Å²) in [4.78, 5) is 0. The molecule has 0 atom stereocenters. The van der Waals surface area contributed by atoms with Crippen molar-refractivity contribution in [2.45, 2.75) is 19.3 Å². The Morgan fingerprint density at radius 3 is 3.11 bits per heavy atom. The highest BCUT2D eigenvalue weighted by atomic mass is 32.2. The van der Waals surface area contributed by atoms with Crippen LogP contribution in [0.1, 0.15) is 19.3 Å². The molecule has 0 bridgehead atoms. The fourth-order valence-electron chi connectivity index (χ4n) is 0.791. The lowest BCUT2D eigenvalue weighted by Gasteiger charge is -1.91. The second-order valence-corrected chi connectivity index (χ2v) is 3.14. The predicted octanol–water partition coefficient (Wildman–Crippen LogP) is 2.97. The van der Waals surface area contributed by atoms with Crippen molar-refractivity contribution in [1.29, 1.82) is 0 Å². The third-order valence-corrected chi connectivity index (χ3v) is 2.18. The van der Waals surface area contributed by atoms with Crippen LogP contribution in [0.5, 0.6) is 0 Å². The average molecular weight is 140 g/mol. The lowest BCUT2D eigenvalue weighted by molar-refractivity contribution is 0.824. The molecule has 1 aliphatic heterocycles. The minimum absolute atomic E-state index is 1.25. The van der Waals surface area contributed by atoms with Crippen LogP contribution in [0.2, 0.25) is 0 Å². The number of hydrogen-bond donors (Lipinski definition) is 0. The zero-order chi connectivity index (χ0) is 6.36. The first-order valence-corrected chi connectivity index (χ1v) is 4.48. The highest BCUT2D eigenvalue weighted by Crippen LogP contribution is 2.09. The molecule has 0 spiro atoms. The van der Waals surface area contributed by atoms with Gasteiger partial charge in [-0.25, -0.2) is 0 Å². The lowest BCUT2D eigenvalue weighted by atomic mass is 10.2. The van der Waals surface area contributed by atoms with Gasteiger partial charge in [0.2, 0.25) is 0 Å². The van der Waals surface area contributed by atoms with Crippen LogP contribution >= 0.6 is 11.8 Å². The normalized spacial score (nSPS) is 20.4. The minimum atomic E-state index is 1.25. The summed E-state index contributed by atoms with van der Waals surface area (Å²) >= 11 is 1.91. The molecule has 1 heteroatoms. The fourth-order valence-corrected chi connectivity index (χ4v) is 1.50. The van der Waals surface area contributed by atoms with Crippen LogP contribution < -0.4 is 0 Å². The van der Waals surface area contributed by atoms with Crippen LogP contribution in [-0.2, 0) is 0 Å². The maximum atomic E-state index is 2.24. The van der Waals surface area contributed by atoms with E-state index in [0.717, 1.165) is 0 Å². The van der Waals surface area contributed by atoms with E-state index in [9.17, 15) is 0 Å². The van der Waals surface area contributed by atoms with E-state index in [0.29, 0.717) is 0 Å². The molecule has 0 aliphatic carbocycles. The van der Waals surface area contributed by atoms with Gasteiger partial charge in [0.25, 0.3) is 0 Å². The van der Waals surface area contributed by atoms with Gasteiger partial charge in [0.1, 0.15) is 0 Å². The van der Waals surface area contributed by atoms with Gasteiger partial charge in [-0.3, -0.25) is 0 Å². The molecule has 0 saturated carbocycles. The number of hydrogen-bond acceptors (Lipinski definition) is 1. The van der Waals surface area contributed by atoms with E-state index in [2.05, 4.69) is 23.6 Å². The molecule has 0 N–H and O–H groups in total. The van der Waals surface area contributed by atoms with Crippen molar-refractivity contribution >= 4 is 11.8 Å². The molecule has 0 unspecified atom stereocenters. The first kappa shape index (κ1) is 6.94. The Labute approximate surface area is 61.0 Å². The van der Waals surface area contributed by atoms with Gasteiger partial charge in [-0.1, -0.05) is 18.2 Å². The predicted molar refractivity (Wildman–Crippen MR) is 44.6 cm³/mol. The summed E-state index contributed by atoms with van der Waals surface area (Å²) in [5.74, 6) is 1.29. The van der Waals surface area contributed by atoms with E-state index in [4.69, 9.17) is 0 Å². The molecule has 0 fully saturated rings. The third kappa shape index (κ3) is 3.41. The summed E-state index contributed by atoms with van der Waals surface area (Å²) in [5.41, 5.74) is 0. The molecule has 0 saturated heterocycles. The van der Waals surface area contributed by atoms with E-state index in [1.807, 2.05) is 11.8 Å². The van der Waals surface area contributed by atoms with Crippen LogP contribution in [-0.4, -0.2) is 5.75 Å². The van der Waals surface area contributed by atoms with Gasteiger partial charge in [-0.15, -0.1) is 11.8 Å². The lowest BCUT2D eigenvalue weighted by Crippen LogP contribution is -1.75. The van der Waals surface area contributed by atoms with Gasteiger partial charge in [0.05, 0.1) is 0 Å². The smallest absolute Gasteiger partial charge is 0.00259 e. The molecule has 1 aliphatic rings. The van der Waals surface area contributed by atoms with Crippen molar-refractivity contribution in [3.8, 4) is 0 Å². The van der Waals surface area contributed by atoms with E-state index in [-0.39, 0.29) is 0 Å². The number of rotatable bonds is 0. The Balaban J connectivity index is 2.28. The molecule has 0 nitrogen and oxygen atoms in total. The largest absolute Gasteiger partial charge is 0.134 e. The Bertz CT molecular complexity index is 99.7. The first-order valence-electron chi connectivity index (χ1n) is 3.43. The van der Waals surface area contributed by atoms with Crippen LogP contribution in [0.25, 0.3) is 0 Å². The van der Waals surface area contributed by atoms with Crippen LogP contribution in [0.4, 0.5) is 0 Å². The van der Waals surface area contributed by atoms with Crippen molar-refractivity contribution in [3.05, 3.63) is 23.6 Å². The summed E-state index contributed by atoms with van der Waals surface area (Å²) in [6, 6.07) is 0. The van der Waals surface area contributed by atoms with Gasteiger partial charge >= 0.3 is 0 Å². The second-order valence-electron chi connectivity index (χ2n) is 2.12. The molecule has 9 heavy (non-hydrogen) atoms. The fraction of sp³-hybridized carbons (Fsp3) is 0.500. The van der Waals surface area contributed by atoms with Crippen LogP contribution in [0.3, 0.4) is 0 Å². The van der Waals surface area contributed by atoms with E-state index in [1.54, 1.807) is 0 Å². The molecule has 0 aromatic carbocycles. The van der Waals surface area contributed by atoms with E-state index < -0.39 is 0 Å². The molecule has 0 radical (unpaired) electrons. The van der Waals surface area contributed by atoms with Crippen LogP contribution in [0, 0.1) is 0 Å². The van der Waals surface area contributed by atoms with Crippen molar-refractivity contribution < 1.29 is 0 Å². The van der Waals surface area contributed by atoms with E-state index >= 15 is 0 Å². The van der Waals surface area contributed by atoms with E-state index in [1.165, 1.54) is 25.0 Å². The topological polar surface area (TPSA) is 0 Å². The third-order valence-electron chi connectivity index (χ3n) is 1.30. The van der Waals surface area contributed by atoms with Gasteiger partial charge in [0.15, 0.2) is 0 Å². The quantitative estimate of drug-likeness (QED) is 0.498. The summed E-state index contributed by atoms with van der Waals surface area (Å²) in [7, 11) is 0.